The van der Waals surface area contributed by atoms with E-state index in [9.17, 15) is 0 Å². The van der Waals surface area contributed by atoms with Gasteiger partial charge in [0.2, 0.25) is 0 Å². The van der Waals surface area contributed by atoms with E-state index in [2.05, 4.69) is 35.9 Å². The molecular weight excluding hydrogens is 248 g/mol. The van der Waals surface area contributed by atoms with Crippen LogP contribution in [0.2, 0.25) is 5.15 Å². The molecule has 0 aliphatic heterocycles. The highest BCUT2D eigenvalue weighted by atomic mass is 35.5. The number of aromatic nitrogens is 2. The molecule has 0 radical (unpaired) electrons. The van der Waals surface area contributed by atoms with Gasteiger partial charge in [0.25, 0.3) is 0 Å². The zero-order valence-corrected chi connectivity index (χ0v) is 11.4. The summed E-state index contributed by atoms with van der Waals surface area (Å²) in [4.78, 5) is 9.95. The standard InChI is InChI=1S/C13H15ClN4/c1-8-4-5-10(9(2)6-8)18(3)13-11(15)12(14)16-7-17-13/h4-7H,15H2,1-3H3. The van der Waals surface area contributed by atoms with Crippen molar-refractivity contribution < 1.29 is 0 Å². The zero-order chi connectivity index (χ0) is 13.3. The molecule has 1 aromatic carbocycles. The summed E-state index contributed by atoms with van der Waals surface area (Å²) in [5.74, 6) is 0.613. The molecular formula is C13H15ClN4. The second-order valence-corrected chi connectivity index (χ2v) is 4.61. The molecule has 4 nitrogen and oxygen atoms in total. The number of hydrogen-bond donors (Lipinski definition) is 1. The lowest BCUT2D eigenvalue weighted by Gasteiger charge is -2.22. The van der Waals surface area contributed by atoms with Crippen molar-refractivity contribution in [2.45, 2.75) is 13.8 Å². The molecule has 94 valence electrons. The number of aryl methyl sites for hydroxylation is 2. The first-order chi connectivity index (χ1) is 8.50. The van der Waals surface area contributed by atoms with E-state index >= 15 is 0 Å². The largest absolute Gasteiger partial charge is 0.393 e. The van der Waals surface area contributed by atoms with Gasteiger partial charge in [0.15, 0.2) is 11.0 Å². The van der Waals surface area contributed by atoms with Gasteiger partial charge in [0, 0.05) is 12.7 Å². The highest BCUT2D eigenvalue weighted by molar-refractivity contribution is 6.32. The van der Waals surface area contributed by atoms with Crippen molar-refractivity contribution in [1.82, 2.24) is 9.97 Å². The van der Waals surface area contributed by atoms with Crippen LogP contribution in [0.25, 0.3) is 0 Å². The van der Waals surface area contributed by atoms with Crippen molar-refractivity contribution in [3.05, 3.63) is 40.8 Å². The molecule has 2 N–H and O–H groups in total. The minimum absolute atomic E-state index is 0.275. The molecule has 0 bridgehead atoms. The number of halogens is 1. The summed E-state index contributed by atoms with van der Waals surface area (Å²) in [6.45, 7) is 4.12. The Morgan fingerprint density at radius 3 is 2.61 bits per heavy atom. The van der Waals surface area contributed by atoms with Gasteiger partial charge in [-0.3, -0.25) is 0 Å². The van der Waals surface area contributed by atoms with Crippen molar-refractivity contribution >= 4 is 28.8 Å². The van der Waals surface area contributed by atoms with Gasteiger partial charge in [0.1, 0.15) is 12.0 Å². The van der Waals surface area contributed by atoms with Crippen molar-refractivity contribution in [2.24, 2.45) is 0 Å². The molecule has 0 atom stereocenters. The average Bonchev–Trinajstić information content (AvgIpc) is 2.32. The predicted molar refractivity (Wildman–Crippen MR) is 75.4 cm³/mol. The minimum Gasteiger partial charge on any atom is -0.393 e. The Balaban J connectivity index is 2.48. The van der Waals surface area contributed by atoms with Crippen LogP contribution >= 0.6 is 11.6 Å². The van der Waals surface area contributed by atoms with Gasteiger partial charge in [-0.05, 0) is 25.5 Å². The van der Waals surface area contributed by atoms with E-state index in [1.807, 2.05) is 18.0 Å². The highest BCUT2D eigenvalue weighted by Crippen LogP contribution is 2.31. The van der Waals surface area contributed by atoms with Crippen molar-refractivity contribution in [1.29, 1.82) is 0 Å². The van der Waals surface area contributed by atoms with Crippen LogP contribution in [0.15, 0.2) is 24.5 Å². The fourth-order valence-electron chi connectivity index (χ4n) is 1.93. The van der Waals surface area contributed by atoms with Crippen LogP contribution in [0.3, 0.4) is 0 Å². The summed E-state index contributed by atoms with van der Waals surface area (Å²) >= 11 is 5.91. The van der Waals surface area contributed by atoms with E-state index in [0.29, 0.717) is 11.5 Å². The fourth-order valence-corrected chi connectivity index (χ4v) is 2.06. The smallest absolute Gasteiger partial charge is 0.161 e. The van der Waals surface area contributed by atoms with Crippen molar-refractivity contribution in [3.63, 3.8) is 0 Å². The van der Waals surface area contributed by atoms with Crippen molar-refractivity contribution in [3.8, 4) is 0 Å². The molecule has 0 fully saturated rings. The van der Waals surface area contributed by atoms with E-state index < -0.39 is 0 Å². The van der Waals surface area contributed by atoms with E-state index in [-0.39, 0.29) is 5.15 Å². The third kappa shape index (κ3) is 2.24. The van der Waals surface area contributed by atoms with E-state index in [0.717, 1.165) is 11.3 Å². The molecule has 5 heteroatoms. The van der Waals surface area contributed by atoms with Gasteiger partial charge in [0.05, 0.1) is 0 Å². The van der Waals surface area contributed by atoms with Crippen LogP contribution in [0.4, 0.5) is 17.2 Å². The van der Waals surface area contributed by atoms with E-state index in [1.165, 1.54) is 11.9 Å². The Labute approximate surface area is 111 Å². The lowest BCUT2D eigenvalue weighted by atomic mass is 10.1. The molecule has 0 amide bonds. The first kappa shape index (κ1) is 12.6. The number of nitrogen functional groups attached to an aromatic ring is 1. The average molecular weight is 263 g/mol. The van der Waals surface area contributed by atoms with E-state index in [1.54, 1.807) is 0 Å². The minimum atomic E-state index is 0.275. The van der Waals surface area contributed by atoms with Gasteiger partial charge < -0.3 is 10.6 Å². The second-order valence-electron chi connectivity index (χ2n) is 4.25. The quantitative estimate of drug-likeness (QED) is 0.845. The summed E-state index contributed by atoms with van der Waals surface area (Å²) in [7, 11) is 1.91. The maximum absolute atomic E-state index is 5.91. The van der Waals surface area contributed by atoms with Crippen LogP contribution in [-0.4, -0.2) is 17.0 Å². The molecule has 1 aromatic heterocycles. The maximum Gasteiger partial charge on any atom is 0.161 e. The third-order valence-corrected chi connectivity index (χ3v) is 3.15. The number of nitrogens with zero attached hydrogens (tertiary/aromatic N) is 3. The van der Waals surface area contributed by atoms with Gasteiger partial charge in [-0.25, -0.2) is 9.97 Å². The van der Waals surface area contributed by atoms with Crippen LogP contribution in [0.5, 0.6) is 0 Å². The summed E-state index contributed by atoms with van der Waals surface area (Å²) in [6, 6.07) is 6.21. The van der Waals surface area contributed by atoms with E-state index in [4.69, 9.17) is 17.3 Å². The molecule has 2 aromatic rings. The number of anilines is 3. The maximum atomic E-state index is 5.91. The van der Waals surface area contributed by atoms with Crippen LogP contribution in [0, 0.1) is 13.8 Å². The Bertz CT molecular complexity index is 583. The lowest BCUT2D eigenvalue weighted by molar-refractivity contribution is 1.08. The molecule has 0 spiro atoms. The first-order valence-electron chi connectivity index (χ1n) is 5.57. The topological polar surface area (TPSA) is 55.0 Å². The first-order valence-corrected chi connectivity index (χ1v) is 5.95. The van der Waals surface area contributed by atoms with Gasteiger partial charge in [-0.1, -0.05) is 29.3 Å². The summed E-state index contributed by atoms with van der Waals surface area (Å²) in [5, 5.41) is 0.275. The summed E-state index contributed by atoms with van der Waals surface area (Å²) < 4.78 is 0. The molecule has 0 saturated heterocycles. The highest BCUT2D eigenvalue weighted by Gasteiger charge is 2.13. The molecule has 0 aliphatic rings. The normalized spacial score (nSPS) is 10.4. The molecule has 2 rings (SSSR count). The SMILES string of the molecule is Cc1ccc(N(C)c2ncnc(Cl)c2N)c(C)c1. The third-order valence-electron chi connectivity index (χ3n) is 2.85. The van der Waals surface area contributed by atoms with Crippen LogP contribution < -0.4 is 10.6 Å². The summed E-state index contributed by atoms with van der Waals surface area (Å²) in [6.07, 6.45) is 1.41. The molecule has 18 heavy (non-hydrogen) atoms. The van der Waals surface area contributed by atoms with Gasteiger partial charge >= 0.3 is 0 Å². The molecule has 0 saturated carbocycles. The Morgan fingerprint density at radius 1 is 1.22 bits per heavy atom. The number of rotatable bonds is 2. The van der Waals surface area contributed by atoms with Crippen LogP contribution in [0.1, 0.15) is 11.1 Å². The number of hydrogen-bond acceptors (Lipinski definition) is 4. The molecule has 0 aliphatic carbocycles. The van der Waals surface area contributed by atoms with Crippen molar-refractivity contribution in [2.75, 3.05) is 17.7 Å². The monoisotopic (exact) mass is 262 g/mol. The lowest BCUT2D eigenvalue weighted by Crippen LogP contribution is -2.15. The fraction of sp³-hybridized carbons (Fsp3) is 0.231. The van der Waals surface area contributed by atoms with Gasteiger partial charge in [-0.15, -0.1) is 0 Å². The predicted octanol–water partition coefficient (Wildman–Crippen LogP) is 3.10. The Hall–Kier alpha value is -1.81. The Kier molecular flexibility index (Phi) is 3.39. The van der Waals surface area contributed by atoms with Gasteiger partial charge in [-0.2, -0.15) is 0 Å². The zero-order valence-electron chi connectivity index (χ0n) is 10.6. The molecule has 1 heterocycles. The second kappa shape index (κ2) is 4.82. The molecule has 0 unspecified atom stereocenters. The number of nitrogens with two attached hydrogens (primary N) is 1. The summed E-state index contributed by atoms with van der Waals surface area (Å²) in [5.41, 5.74) is 9.72. The van der Waals surface area contributed by atoms with Crippen LogP contribution in [-0.2, 0) is 0 Å². The number of benzene rings is 1. The Morgan fingerprint density at radius 2 is 1.94 bits per heavy atom.